The molecule has 112 valence electrons. The first-order chi connectivity index (χ1) is 10.1. The normalized spacial score (nSPS) is 12.2. The molecule has 0 saturated heterocycles. The minimum absolute atomic E-state index is 0.284. The molecule has 0 aliphatic rings. The van der Waals surface area contributed by atoms with Gasteiger partial charge in [0.25, 0.3) is 0 Å². The van der Waals surface area contributed by atoms with Crippen molar-refractivity contribution in [2.24, 2.45) is 0 Å². The second-order valence-electron chi connectivity index (χ2n) is 4.97. The SMILES string of the molecule is CCNC(CC)c1ccc(Oc2ccc(C)cc2Cl)cn1. The monoisotopic (exact) mass is 304 g/mol. The Hall–Kier alpha value is -1.58. The van der Waals surface area contributed by atoms with E-state index < -0.39 is 0 Å². The minimum atomic E-state index is 0.284. The van der Waals surface area contributed by atoms with E-state index in [1.165, 1.54) is 0 Å². The Kier molecular flexibility index (Phi) is 5.59. The first-order valence-corrected chi connectivity index (χ1v) is 7.65. The van der Waals surface area contributed by atoms with Crippen molar-refractivity contribution in [3.63, 3.8) is 0 Å². The lowest BCUT2D eigenvalue weighted by Gasteiger charge is -2.15. The van der Waals surface area contributed by atoms with Crippen LogP contribution in [0.5, 0.6) is 11.5 Å². The van der Waals surface area contributed by atoms with E-state index in [0.717, 1.165) is 24.2 Å². The Morgan fingerprint density at radius 3 is 2.62 bits per heavy atom. The zero-order chi connectivity index (χ0) is 15.2. The number of hydrogen-bond donors (Lipinski definition) is 1. The highest BCUT2D eigenvalue weighted by Gasteiger charge is 2.10. The van der Waals surface area contributed by atoms with Gasteiger partial charge in [-0.2, -0.15) is 0 Å². The van der Waals surface area contributed by atoms with Crippen molar-refractivity contribution < 1.29 is 4.74 Å². The predicted octanol–water partition coefficient (Wildman–Crippen LogP) is 4.90. The molecule has 0 bridgehead atoms. The number of benzene rings is 1. The second-order valence-corrected chi connectivity index (χ2v) is 5.38. The van der Waals surface area contributed by atoms with Gasteiger partial charge < -0.3 is 10.1 Å². The third-order valence-corrected chi connectivity index (χ3v) is 3.59. The van der Waals surface area contributed by atoms with Gasteiger partial charge in [0.1, 0.15) is 11.5 Å². The fourth-order valence-corrected chi connectivity index (χ4v) is 2.45. The molecule has 0 fully saturated rings. The average Bonchev–Trinajstić information content (AvgIpc) is 2.48. The summed E-state index contributed by atoms with van der Waals surface area (Å²) in [6, 6.07) is 9.94. The van der Waals surface area contributed by atoms with E-state index in [1.807, 2.05) is 37.3 Å². The van der Waals surface area contributed by atoms with Gasteiger partial charge in [-0.25, -0.2) is 0 Å². The van der Waals surface area contributed by atoms with E-state index in [-0.39, 0.29) is 6.04 Å². The number of halogens is 1. The van der Waals surface area contributed by atoms with Crippen molar-refractivity contribution in [3.8, 4) is 11.5 Å². The van der Waals surface area contributed by atoms with E-state index >= 15 is 0 Å². The summed E-state index contributed by atoms with van der Waals surface area (Å²) in [6.07, 6.45) is 2.75. The first-order valence-electron chi connectivity index (χ1n) is 7.27. The van der Waals surface area contributed by atoms with Gasteiger partial charge in [0.05, 0.1) is 16.9 Å². The Labute approximate surface area is 131 Å². The van der Waals surface area contributed by atoms with Crippen LogP contribution < -0.4 is 10.1 Å². The molecule has 3 nitrogen and oxygen atoms in total. The van der Waals surface area contributed by atoms with E-state index in [0.29, 0.717) is 16.5 Å². The molecular weight excluding hydrogens is 284 g/mol. The van der Waals surface area contributed by atoms with Crippen LogP contribution in [-0.2, 0) is 0 Å². The first kappa shape index (κ1) is 15.8. The third kappa shape index (κ3) is 4.19. The molecule has 4 heteroatoms. The molecule has 21 heavy (non-hydrogen) atoms. The molecule has 1 atom stereocenters. The van der Waals surface area contributed by atoms with Crippen molar-refractivity contribution in [2.75, 3.05) is 6.54 Å². The van der Waals surface area contributed by atoms with Gasteiger partial charge >= 0.3 is 0 Å². The van der Waals surface area contributed by atoms with Crippen molar-refractivity contribution in [3.05, 3.63) is 52.8 Å². The Bertz CT molecular complexity index is 584. The van der Waals surface area contributed by atoms with Gasteiger partial charge in [-0.05, 0) is 49.7 Å². The van der Waals surface area contributed by atoms with E-state index in [2.05, 4.69) is 24.1 Å². The van der Waals surface area contributed by atoms with Gasteiger partial charge in [-0.15, -0.1) is 0 Å². The zero-order valence-electron chi connectivity index (χ0n) is 12.7. The Morgan fingerprint density at radius 1 is 1.24 bits per heavy atom. The fourth-order valence-electron chi connectivity index (χ4n) is 2.18. The van der Waals surface area contributed by atoms with E-state index in [9.17, 15) is 0 Å². The largest absolute Gasteiger partial charge is 0.454 e. The summed E-state index contributed by atoms with van der Waals surface area (Å²) in [5.74, 6) is 1.34. The molecule has 1 aromatic carbocycles. The van der Waals surface area contributed by atoms with Crippen molar-refractivity contribution in [1.82, 2.24) is 10.3 Å². The summed E-state index contributed by atoms with van der Waals surface area (Å²) in [4.78, 5) is 4.48. The zero-order valence-corrected chi connectivity index (χ0v) is 13.4. The van der Waals surface area contributed by atoms with Crippen LogP contribution in [0.4, 0.5) is 0 Å². The number of pyridine rings is 1. The maximum absolute atomic E-state index is 6.17. The molecule has 1 N–H and O–H groups in total. The van der Waals surface area contributed by atoms with Crippen LogP contribution in [0.1, 0.15) is 37.6 Å². The van der Waals surface area contributed by atoms with Crippen LogP contribution in [-0.4, -0.2) is 11.5 Å². The molecule has 2 rings (SSSR count). The van der Waals surface area contributed by atoms with Crippen LogP contribution in [0.3, 0.4) is 0 Å². The quantitative estimate of drug-likeness (QED) is 0.824. The Morgan fingerprint density at radius 2 is 2.05 bits per heavy atom. The molecule has 0 amide bonds. The lowest BCUT2D eigenvalue weighted by atomic mass is 10.1. The number of hydrogen-bond acceptors (Lipinski definition) is 3. The van der Waals surface area contributed by atoms with Gasteiger partial charge in [-0.1, -0.05) is 31.5 Å². The van der Waals surface area contributed by atoms with E-state index in [1.54, 1.807) is 6.20 Å². The minimum Gasteiger partial charge on any atom is -0.454 e. The van der Waals surface area contributed by atoms with Gasteiger partial charge in [0, 0.05) is 6.04 Å². The van der Waals surface area contributed by atoms with Gasteiger partial charge in [-0.3, -0.25) is 4.98 Å². The van der Waals surface area contributed by atoms with E-state index in [4.69, 9.17) is 16.3 Å². The highest BCUT2D eigenvalue weighted by atomic mass is 35.5. The number of rotatable bonds is 6. The molecule has 0 saturated carbocycles. The third-order valence-electron chi connectivity index (χ3n) is 3.29. The predicted molar refractivity (Wildman–Crippen MR) is 87.2 cm³/mol. The Balaban J connectivity index is 2.11. The van der Waals surface area contributed by atoms with Crippen LogP contribution in [0.15, 0.2) is 36.5 Å². The summed E-state index contributed by atoms with van der Waals surface area (Å²) >= 11 is 6.17. The summed E-state index contributed by atoms with van der Waals surface area (Å²) in [6.45, 7) is 7.17. The molecule has 2 aromatic rings. The van der Waals surface area contributed by atoms with Gasteiger partial charge in [0.2, 0.25) is 0 Å². The maximum Gasteiger partial charge on any atom is 0.146 e. The maximum atomic E-state index is 6.17. The molecule has 1 heterocycles. The standard InChI is InChI=1S/C17H21ClN2O/c1-4-15(19-5-2)16-8-7-13(11-20-16)21-17-9-6-12(3)10-14(17)18/h6-11,15,19H,4-5H2,1-3H3. The van der Waals surface area contributed by atoms with Crippen LogP contribution in [0.2, 0.25) is 5.02 Å². The molecule has 0 aliphatic heterocycles. The van der Waals surface area contributed by atoms with Crippen molar-refractivity contribution >= 4 is 11.6 Å². The number of ether oxygens (including phenoxy) is 1. The van der Waals surface area contributed by atoms with Gasteiger partial charge in [0.15, 0.2) is 0 Å². The topological polar surface area (TPSA) is 34.1 Å². The van der Waals surface area contributed by atoms with Crippen LogP contribution in [0.25, 0.3) is 0 Å². The lowest BCUT2D eigenvalue weighted by Crippen LogP contribution is -2.20. The number of aromatic nitrogens is 1. The molecule has 1 unspecified atom stereocenters. The number of aryl methyl sites for hydroxylation is 1. The summed E-state index contributed by atoms with van der Waals surface area (Å²) in [5.41, 5.74) is 2.14. The molecule has 0 spiro atoms. The summed E-state index contributed by atoms with van der Waals surface area (Å²) in [7, 11) is 0. The molecular formula is C17H21ClN2O. The second kappa shape index (κ2) is 7.43. The fraction of sp³-hybridized carbons (Fsp3) is 0.353. The summed E-state index contributed by atoms with van der Waals surface area (Å²) in [5, 5.41) is 4.02. The number of nitrogens with one attached hydrogen (secondary N) is 1. The molecule has 0 radical (unpaired) electrons. The van der Waals surface area contributed by atoms with Crippen molar-refractivity contribution in [2.45, 2.75) is 33.2 Å². The highest BCUT2D eigenvalue weighted by molar-refractivity contribution is 6.32. The molecule has 0 aliphatic carbocycles. The van der Waals surface area contributed by atoms with Crippen LogP contribution >= 0.6 is 11.6 Å². The lowest BCUT2D eigenvalue weighted by molar-refractivity contribution is 0.476. The van der Waals surface area contributed by atoms with Crippen LogP contribution in [0, 0.1) is 6.92 Å². The summed E-state index contributed by atoms with van der Waals surface area (Å²) < 4.78 is 5.78. The number of nitrogens with zero attached hydrogens (tertiary/aromatic N) is 1. The molecule has 1 aromatic heterocycles. The average molecular weight is 305 g/mol. The van der Waals surface area contributed by atoms with Crippen molar-refractivity contribution in [1.29, 1.82) is 0 Å². The highest BCUT2D eigenvalue weighted by Crippen LogP contribution is 2.30. The smallest absolute Gasteiger partial charge is 0.146 e.